The third-order valence-corrected chi connectivity index (χ3v) is 2.23. The van der Waals surface area contributed by atoms with E-state index in [0.29, 0.717) is 34.8 Å². The van der Waals surface area contributed by atoms with Crippen LogP contribution in [0.1, 0.15) is 23.7 Å². The van der Waals surface area contributed by atoms with Gasteiger partial charge in [-0.05, 0) is 6.42 Å². The van der Waals surface area contributed by atoms with E-state index in [1.165, 1.54) is 0 Å². The Morgan fingerprint density at radius 3 is 3.14 bits per heavy atom. The highest BCUT2D eigenvalue weighted by molar-refractivity contribution is 6.10. The SMILES string of the molecule is CCCOc1c2c3oc1cc3C(=O)O2. The Bertz CT molecular complexity index is 497. The molecule has 0 fully saturated rings. The molecule has 1 aliphatic heterocycles. The monoisotopic (exact) mass is 192 g/mol. The molecule has 4 heteroatoms. The van der Waals surface area contributed by atoms with E-state index < -0.39 is 0 Å². The fourth-order valence-electron chi connectivity index (χ4n) is 1.62. The predicted octanol–water partition coefficient (Wildman–Crippen LogP) is 2.19. The number of carbonyl (C=O) groups is 1. The molecule has 2 bridgehead atoms. The van der Waals surface area contributed by atoms with Crippen molar-refractivity contribution in [3.05, 3.63) is 11.6 Å². The first-order valence-corrected chi connectivity index (χ1v) is 4.55. The van der Waals surface area contributed by atoms with E-state index in [2.05, 4.69) is 0 Å². The quantitative estimate of drug-likeness (QED) is 0.699. The number of hydrogen-bond acceptors (Lipinski definition) is 4. The first-order valence-electron chi connectivity index (χ1n) is 4.55. The topological polar surface area (TPSA) is 48.7 Å². The number of esters is 1. The van der Waals surface area contributed by atoms with Crippen molar-refractivity contribution in [1.29, 1.82) is 0 Å². The first-order chi connectivity index (χ1) is 6.81. The minimum atomic E-state index is -0.347. The highest BCUT2D eigenvalue weighted by atomic mass is 16.6. The van der Waals surface area contributed by atoms with Crippen molar-refractivity contribution >= 4 is 17.1 Å². The summed E-state index contributed by atoms with van der Waals surface area (Å²) in [5.74, 6) is 0.674. The summed E-state index contributed by atoms with van der Waals surface area (Å²) in [6, 6.07) is 1.67. The van der Waals surface area contributed by atoms with E-state index in [4.69, 9.17) is 13.9 Å². The van der Waals surface area contributed by atoms with Crippen molar-refractivity contribution < 1.29 is 18.7 Å². The molecule has 0 N–H and O–H groups in total. The Morgan fingerprint density at radius 1 is 1.50 bits per heavy atom. The molecule has 0 unspecified atom stereocenters. The molecule has 0 atom stereocenters. The van der Waals surface area contributed by atoms with Gasteiger partial charge >= 0.3 is 5.97 Å². The Balaban J connectivity index is 2.08. The summed E-state index contributed by atoms with van der Waals surface area (Å²) in [4.78, 5) is 11.2. The minimum absolute atomic E-state index is 0.347. The number of furan rings is 2. The van der Waals surface area contributed by atoms with Gasteiger partial charge in [0.25, 0.3) is 0 Å². The summed E-state index contributed by atoms with van der Waals surface area (Å²) in [5.41, 5.74) is 1.64. The number of rotatable bonds is 3. The van der Waals surface area contributed by atoms with Gasteiger partial charge < -0.3 is 13.9 Å². The average Bonchev–Trinajstić information content (AvgIpc) is 2.76. The number of hydrogen-bond donors (Lipinski definition) is 0. The Hall–Kier alpha value is -1.71. The van der Waals surface area contributed by atoms with Gasteiger partial charge in [0.1, 0.15) is 5.56 Å². The first kappa shape index (κ1) is 7.67. The molecule has 3 heterocycles. The van der Waals surface area contributed by atoms with Crippen molar-refractivity contribution in [2.45, 2.75) is 13.3 Å². The standard InChI is InChI=1S/C10H8O4/c1-2-3-12-8-6-4-5-7(13-6)9(8)14-10(5)11/h4H,2-3H2,1H3. The largest absolute Gasteiger partial charge is 0.486 e. The van der Waals surface area contributed by atoms with Crippen LogP contribution in [0.3, 0.4) is 0 Å². The molecular weight excluding hydrogens is 184 g/mol. The van der Waals surface area contributed by atoms with Crippen molar-refractivity contribution in [1.82, 2.24) is 0 Å². The Kier molecular flexibility index (Phi) is 1.32. The van der Waals surface area contributed by atoms with Crippen LogP contribution < -0.4 is 9.47 Å². The average molecular weight is 192 g/mol. The van der Waals surface area contributed by atoms with Crippen LogP contribution in [0.2, 0.25) is 0 Å². The van der Waals surface area contributed by atoms with Gasteiger partial charge in [-0.25, -0.2) is 4.79 Å². The molecule has 0 amide bonds. The van der Waals surface area contributed by atoms with Crippen molar-refractivity contribution in [3.63, 3.8) is 0 Å². The molecule has 72 valence electrons. The van der Waals surface area contributed by atoms with E-state index in [1.807, 2.05) is 6.92 Å². The highest BCUT2D eigenvalue weighted by Gasteiger charge is 2.35. The van der Waals surface area contributed by atoms with E-state index in [-0.39, 0.29) is 5.97 Å². The molecule has 4 nitrogen and oxygen atoms in total. The maximum absolute atomic E-state index is 11.2. The fraction of sp³-hybridized carbons (Fsp3) is 0.300. The zero-order chi connectivity index (χ0) is 9.71. The van der Waals surface area contributed by atoms with Gasteiger partial charge in [-0.15, -0.1) is 0 Å². The second-order valence-electron chi connectivity index (χ2n) is 3.25. The lowest BCUT2D eigenvalue weighted by Crippen LogP contribution is -2.00. The normalized spacial score (nSPS) is 13.9. The molecule has 0 radical (unpaired) electrons. The third kappa shape index (κ3) is 0.755. The van der Waals surface area contributed by atoms with Crippen LogP contribution >= 0.6 is 0 Å². The van der Waals surface area contributed by atoms with Crippen LogP contribution in [0.15, 0.2) is 10.5 Å². The molecule has 0 saturated heterocycles. The Morgan fingerprint density at radius 2 is 2.36 bits per heavy atom. The molecule has 0 aromatic carbocycles. The molecule has 1 aliphatic rings. The van der Waals surface area contributed by atoms with Crippen LogP contribution in [-0.2, 0) is 0 Å². The molecule has 0 spiro atoms. The molecule has 3 rings (SSSR count). The molecule has 0 aliphatic carbocycles. The smallest absolute Gasteiger partial charge is 0.347 e. The number of carbonyl (C=O) groups excluding carboxylic acids is 1. The summed E-state index contributed by atoms with van der Waals surface area (Å²) in [5, 5.41) is 0. The minimum Gasteiger partial charge on any atom is -0.486 e. The zero-order valence-electron chi connectivity index (χ0n) is 7.62. The van der Waals surface area contributed by atoms with Gasteiger partial charge in [0.2, 0.25) is 11.5 Å². The summed E-state index contributed by atoms with van der Waals surface area (Å²) < 4.78 is 15.8. The van der Waals surface area contributed by atoms with E-state index in [1.54, 1.807) is 6.07 Å². The van der Waals surface area contributed by atoms with Gasteiger partial charge in [-0.3, -0.25) is 0 Å². The zero-order valence-corrected chi connectivity index (χ0v) is 7.62. The van der Waals surface area contributed by atoms with Crippen molar-refractivity contribution in [2.75, 3.05) is 6.61 Å². The van der Waals surface area contributed by atoms with Crippen LogP contribution in [0.5, 0.6) is 11.5 Å². The van der Waals surface area contributed by atoms with E-state index in [0.717, 1.165) is 6.42 Å². The summed E-state index contributed by atoms with van der Waals surface area (Å²) in [6.45, 7) is 2.61. The van der Waals surface area contributed by atoms with Gasteiger partial charge in [0.05, 0.1) is 6.61 Å². The predicted molar refractivity (Wildman–Crippen MR) is 48.1 cm³/mol. The number of fused-ring (bicyclic) bond motifs is 1. The van der Waals surface area contributed by atoms with Crippen molar-refractivity contribution in [2.24, 2.45) is 0 Å². The number of ether oxygens (including phenoxy) is 2. The molecule has 14 heavy (non-hydrogen) atoms. The maximum atomic E-state index is 11.2. The Labute approximate surface area is 79.7 Å². The van der Waals surface area contributed by atoms with Gasteiger partial charge in [0.15, 0.2) is 11.2 Å². The molecular formula is C10H8O4. The van der Waals surface area contributed by atoms with Crippen LogP contribution in [0.25, 0.3) is 11.2 Å². The van der Waals surface area contributed by atoms with Crippen LogP contribution in [-0.4, -0.2) is 12.6 Å². The lowest BCUT2D eigenvalue weighted by atomic mass is 10.2. The molecule has 2 aromatic rings. The summed E-state index contributed by atoms with van der Waals surface area (Å²) in [6.07, 6.45) is 0.907. The van der Waals surface area contributed by atoms with E-state index >= 15 is 0 Å². The second-order valence-corrected chi connectivity index (χ2v) is 3.25. The van der Waals surface area contributed by atoms with Gasteiger partial charge in [-0.2, -0.15) is 0 Å². The summed E-state index contributed by atoms with van der Waals surface area (Å²) in [7, 11) is 0. The van der Waals surface area contributed by atoms with Gasteiger partial charge in [0, 0.05) is 6.07 Å². The fourth-order valence-corrected chi connectivity index (χ4v) is 1.62. The summed E-state index contributed by atoms with van der Waals surface area (Å²) >= 11 is 0. The van der Waals surface area contributed by atoms with Crippen LogP contribution in [0, 0.1) is 0 Å². The second kappa shape index (κ2) is 2.41. The van der Waals surface area contributed by atoms with Crippen molar-refractivity contribution in [3.8, 4) is 11.5 Å². The number of benzene rings is 1. The highest BCUT2D eigenvalue weighted by Crippen LogP contribution is 2.48. The molecule has 2 aromatic heterocycles. The van der Waals surface area contributed by atoms with Gasteiger partial charge in [-0.1, -0.05) is 6.92 Å². The third-order valence-electron chi connectivity index (χ3n) is 2.23. The lowest BCUT2D eigenvalue weighted by molar-refractivity contribution is 0.0750. The lowest BCUT2D eigenvalue weighted by Gasteiger charge is -2.01. The maximum Gasteiger partial charge on any atom is 0.347 e. The van der Waals surface area contributed by atoms with Crippen LogP contribution in [0.4, 0.5) is 0 Å². The molecule has 0 saturated carbocycles. The van der Waals surface area contributed by atoms with E-state index in [9.17, 15) is 4.79 Å².